The van der Waals surface area contributed by atoms with Crippen molar-refractivity contribution < 1.29 is 0 Å². The molecule has 2 atom stereocenters. The maximum atomic E-state index is 6.20. The number of hydrogen-bond donors (Lipinski definition) is 1. The van der Waals surface area contributed by atoms with Crippen molar-refractivity contribution in [2.75, 3.05) is 0 Å². The van der Waals surface area contributed by atoms with Gasteiger partial charge in [0.2, 0.25) is 0 Å². The Hall–Kier alpha value is -1.08. The summed E-state index contributed by atoms with van der Waals surface area (Å²) in [5, 5.41) is 0. The van der Waals surface area contributed by atoms with E-state index in [2.05, 4.69) is 30.8 Å². The number of aryl methyl sites for hydroxylation is 1. The van der Waals surface area contributed by atoms with Gasteiger partial charge < -0.3 is 5.73 Å². The summed E-state index contributed by atoms with van der Waals surface area (Å²) in [7, 11) is 0. The van der Waals surface area contributed by atoms with Crippen LogP contribution in [0.1, 0.15) is 36.3 Å². The van der Waals surface area contributed by atoms with Gasteiger partial charge in [0, 0.05) is 6.04 Å². The van der Waals surface area contributed by atoms with Crippen LogP contribution in [-0.4, -0.2) is 6.04 Å². The molecule has 0 aromatic heterocycles. The molecule has 1 aromatic carbocycles. The van der Waals surface area contributed by atoms with Crippen molar-refractivity contribution in [3.05, 3.63) is 48.0 Å². The molecule has 0 saturated carbocycles. The predicted octanol–water partition coefficient (Wildman–Crippen LogP) is 3.01. The first kappa shape index (κ1) is 10.4. The molecule has 80 valence electrons. The fourth-order valence-electron chi connectivity index (χ4n) is 2.59. The van der Waals surface area contributed by atoms with Crippen molar-refractivity contribution in [3.63, 3.8) is 0 Å². The number of nitrogens with two attached hydrogens (primary N) is 1. The molecular formula is C14H19N. The fourth-order valence-corrected chi connectivity index (χ4v) is 2.59. The van der Waals surface area contributed by atoms with Crippen LogP contribution in [0, 0.1) is 0 Å². The summed E-state index contributed by atoms with van der Waals surface area (Å²) in [6, 6.07) is 8.96. The van der Waals surface area contributed by atoms with Crippen LogP contribution in [0.2, 0.25) is 0 Å². The van der Waals surface area contributed by atoms with Gasteiger partial charge in [0.15, 0.2) is 0 Å². The molecule has 0 bridgehead atoms. The molecule has 1 nitrogen and oxygen atoms in total. The molecule has 2 rings (SSSR count). The SMILES string of the molecule is C=CCC(N)C1CCCc2ccccc21. The highest BCUT2D eigenvalue weighted by atomic mass is 14.6. The summed E-state index contributed by atoms with van der Waals surface area (Å²) < 4.78 is 0. The van der Waals surface area contributed by atoms with E-state index in [1.54, 1.807) is 0 Å². The Labute approximate surface area is 92.0 Å². The van der Waals surface area contributed by atoms with E-state index >= 15 is 0 Å². The van der Waals surface area contributed by atoms with Gasteiger partial charge in [-0.1, -0.05) is 30.3 Å². The van der Waals surface area contributed by atoms with Gasteiger partial charge in [-0.05, 0) is 42.7 Å². The fraction of sp³-hybridized carbons (Fsp3) is 0.429. The highest BCUT2D eigenvalue weighted by Crippen LogP contribution is 2.34. The van der Waals surface area contributed by atoms with Gasteiger partial charge >= 0.3 is 0 Å². The molecule has 1 aliphatic carbocycles. The Morgan fingerprint density at radius 1 is 1.47 bits per heavy atom. The molecular weight excluding hydrogens is 182 g/mol. The Kier molecular flexibility index (Phi) is 3.22. The van der Waals surface area contributed by atoms with Gasteiger partial charge in [-0.2, -0.15) is 0 Å². The van der Waals surface area contributed by atoms with Crippen LogP contribution in [-0.2, 0) is 6.42 Å². The van der Waals surface area contributed by atoms with E-state index in [0.717, 1.165) is 6.42 Å². The van der Waals surface area contributed by atoms with Crippen LogP contribution in [0.25, 0.3) is 0 Å². The predicted molar refractivity (Wildman–Crippen MR) is 64.9 cm³/mol. The average molecular weight is 201 g/mol. The molecule has 0 amide bonds. The summed E-state index contributed by atoms with van der Waals surface area (Å²) in [6.45, 7) is 3.77. The van der Waals surface area contributed by atoms with Crippen molar-refractivity contribution in [3.8, 4) is 0 Å². The van der Waals surface area contributed by atoms with Gasteiger partial charge in [0.05, 0.1) is 0 Å². The van der Waals surface area contributed by atoms with Crippen LogP contribution < -0.4 is 5.73 Å². The zero-order valence-electron chi connectivity index (χ0n) is 9.15. The molecule has 0 heterocycles. The summed E-state index contributed by atoms with van der Waals surface area (Å²) in [4.78, 5) is 0. The Balaban J connectivity index is 2.25. The third-order valence-electron chi connectivity index (χ3n) is 3.37. The van der Waals surface area contributed by atoms with Crippen LogP contribution >= 0.6 is 0 Å². The molecule has 2 N–H and O–H groups in total. The smallest absolute Gasteiger partial charge is 0.0143 e. The minimum atomic E-state index is 0.240. The zero-order valence-corrected chi connectivity index (χ0v) is 9.15. The largest absolute Gasteiger partial charge is 0.327 e. The molecule has 0 radical (unpaired) electrons. The van der Waals surface area contributed by atoms with Crippen LogP contribution in [0.15, 0.2) is 36.9 Å². The van der Waals surface area contributed by atoms with Crippen molar-refractivity contribution in [2.24, 2.45) is 5.73 Å². The zero-order chi connectivity index (χ0) is 10.7. The molecule has 0 aliphatic heterocycles. The van der Waals surface area contributed by atoms with Gasteiger partial charge in [-0.3, -0.25) is 0 Å². The first-order valence-electron chi connectivity index (χ1n) is 5.77. The molecule has 15 heavy (non-hydrogen) atoms. The Bertz CT molecular complexity index is 343. The minimum absolute atomic E-state index is 0.240. The highest BCUT2D eigenvalue weighted by molar-refractivity contribution is 5.33. The van der Waals surface area contributed by atoms with E-state index in [1.165, 1.54) is 30.4 Å². The molecule has 0 spiro atoms. The summed E-state index contributed by atoms with van der Waals surface area (Å²) in [5.41, 5.74) is 9.17. The van der Waals surface area contributed by atoms with Gasteiger partial charge in [-0.25, -0.2) is 0 Å². The number of fused-ring (bicyclic) bond motifs is 1. The van der Waals surface area contributed by atoms with E-state index in [1.807, 2.05) is 6.08 Å². The Morgan fingerprint density at radius 3 is 3.07 bits per heavy atom. The van der Waals surface area contributed by atoms with Gasteiger partial charge in [-0.15, -0.1) is 6.58 Å². The molecule has 1 heteroatoms. The van der Waals surface area contributed by atoms with Crippen LogP contribution in [0.3, 0.4) is 0 Å². The van der Waals surface area contributed by atoms with Crippen LogP contribution in [0.4, 0.5) is 0 Å². The Morgan fingerprint density at radius 2 is 2.27 bits per heavy atom. The topological polar surface area (TPSA) is 26.0 Å². The second kappa shape index (κ2) is 4.63. The monoisotopic (exact) mass is 201 g/mol. The van der Waals surface area contributed by atoms with Crippen molar-refractivity contribution in [2.45, 2.75) is 37.6 Å². The molecule has 0 fully saturated rings. The third kappa shape index (κ3) is 2.13. The maximum absolute atomic E-state index is 6.20. The summed E-state index contributed by atoms with van der Waals surface area (Å²) in [6.07, 6.45) is 6.56. The summed E-state index contributed by atoms with van der Waals surface area (Å²) >= 11 is 0. The first-order chi connectivity index (χ1) is 7.33. The number of benzene rings is 1. The van der Waals surface area contributed by atoms with Crippen molar-refractivity contribution >= 4 is 0 Å². The van der Waals surface area contributed by atoms with E-state index < -0.39 is 0 Å². The van der Waals surface area contributed by atoms with E-state index in [0.29, 0.717) is 5.92 Å². The standard InChI is InChI=1S/C14H19N/c1-2-6-14(15)13-10-5-8-11-7-3-4-9-12(11)13/h2-4,7,9,13-14H,1,5-6,8,10,15H2. The van der Waals surface area contributed by atoms with E-state index in [9.17, 15) is 0 Å². The molecule has 2 unspecified atom stereocenters. The van der Waals surface area contributed by atoms with Gasteiger partial charge in [0.25, 0.3) is 0 Å². The normalized spacial score (nSPS) is 21.8. The second-order valence-corrected chi connectivity index (χ2v) is 4.39. The van der Waals surface area contributed by atoms with Gasteiger partial charge in [0.1, 0.15) is 0 Å². The second-order valence-electron chi connectivity index (χ2n) is 4.39. The highest BCUT2D eigenvalue weighted by Gasteiger charge is 2.24. The van der Waals surface area contributed by atoms with Crippen molar-refractivity contribution in [1.82, 2.24) is 0 Å². The average Bonchev–Trinajstić information content (AvgIpc) is 2.28. The minimum Gasteiger partial charge on any atom is -0.327 e. The first-order valence-corrected chi connectivity index (χ1v) is 5.77. The van der Waals surface area contributed by atoms with E-state index in [-0.39, 0.29) is 6.04 Å². The number of hydrogen-bond acceptors (Lipinski definition) is 1. The third-order valence-corrected chi connectivity index (χ3v) is 3.37. The lowest BCUT2D eigenvalue weighted by Gasteiger charge is -2.29. The number of rotatable bonds is 3. The van der Waals surface area contributed by atoms with Crippen molar-refractivity contribution in [1.29, 1.82) is 0 Å². The van der Waals surface area contributed by atoms with Crippen LogP contribution in [0.5, 0.6) is 0 Å². The summed E-state index contributed by atoms with van der Waals surface area (Å²) in [5.74, 6) is 0.535. The van der Waals surface area contributed by atoms with E-state index in [4.69, 9.17) is 5.73 Å². The lowest BCUT2D eigenvalue weighted by Crippen LogP contribution is -2.30. The molecule has 1 aromatic rings. The molecule has 1 aliphatic rings. The lowest BCUT2D eigenvalue weighted by atomic mass is 9.78. The lowest BCUT2D eigenvalue weighted by molar-refractivity contribution is 0.465. The maximum Gasteiger partial charge on any atom is 0.0143 e. The molecule has 0 saturated heterocycles. The quantitative estimate of drug-likeness (QED) is 0.747.